The molecule has 0 aliphatic rings. The van der Waals surface area contributed by atoms with E-state index in [-0.39, 0.29) is 6.42 Å². The van der Waals surface area contributed by atoms with Gasteiger partial charge in [-0.15, -0.1) is 0 Å². The van der Waals surface area contributed by atoms with Crippen molar-refractivity contribution < 1.29 is 23.8 Å². The number of nitrogens with one attached hydrogen (secondary N) is 1. The molecule has 0 fully saturated rings. The maximum atomic E-state index is 13.0. The molecule has 0 aliphatic heterocycles. The maximum absolute atomic E-state index is 13.0. The van der Waals surface area contributed by atoms with E-state index in [1.807, 2.05) is 6.07 Å². The van der Waals surface area contributed by atoms with E-state index >= 15 is 0 Å². The highest BCUT2D eigenvalue weighted by molar-refractivity contribution is 5.82. The summed E-state index contributed by atoms with van der Waals surface area (Å²) in [7, 11) is 0. The molecule has 0 saturated carbocycles. The molecule has 0 spiro atoms. The number of hydrogen-bond donors (Lipinski definition) is 2. The summed E-state index contributed by atoms with van der Waals surface area (Å²) in [6.07, 6.45) is -1.11. The molecule has 126 valence electrons. The minimum atomic E-state index is -1.07. The zero-order chi connectivity index (χ0) is 17.5. The summed E-state index contributed by atoms with van der Waals surface area (Å²) >= 11 is 0. The molecule has 0 aromatic heterocycles. The third-order valence-corrected chi connectivity index (χ3v) is 3.39. The molecule has 0 aliphatic carbocycles. The van der Waals surface area contributed by atoms with E-state index in [0.717, 1.165) is 0 Å². The summed E-state index contributed by atoms with van der Waals surface area (Å²) in [4.78, 5) is 23.3. The Balaban J connectivity index is 2.06. The molecule has 2 aromatic rings. The number of rotatable bonds is 7. The van der Waals surface area contributed by atoms with Crippen LogP contribution < -0.4 is 10.1 Å². The largest absolute Gasteiger partial charge is 0.481 e. The topological polar surface area (TPSA) is 75.6 Å². The van der Waals surface area contributed by atoms with E-state index in [4.69, 9.17) is 9.84 Å². The molecule has 0 bridgehead atoms. The maximum Gasteiger partial charge on any atom is 0.305 e. The van der Waals surface area contributed by atoms with E-state index in [0.29, 0.717) is 11.3 Å². The molecule has 0 saturated heterocycles. The highest BCUT2D eigenvalue weighted by Crippen LogP contribution is 2.18. The van der Waals surface area contributed by atoms with Gasteiger partial charge in [-0.05, 0) is 36.8 Å². The molecule has 6 heteroatoms. The lowest BCUT2D eigenvalue weighted by Crippen LogP contribution is -2.39. The molecule has 2 aromatic carbocycles. The average molecular weight is 331 g/mol. The Kier molecular flexibility index (Phi) is 5.89. The lowest BCUT2D eigenvalue weighted by molar-refractivity contribution is -0.138. The minimum absolute atomic E-state index is 0.310. The summed E-state index contributed by atoms with van der Waals surface area (Å²) in [5.74, 6) is -1.41. The second kappa shape index (κ2) is 8.10. The third-order valence-electron chi connectivity index (χ3n) is 3.39. The second-order valence-electron chi connectivity index (χ2n) is 5.28. The van der Waals surface area contributed by atoms with Gasteiger partial charge in [0.2, 0.25) is 0 Å². The Labute approximate surface area is 139 Å². The van der Waals surface area contributed by atoms with E-state index in [1.54, 1.807) is 31.2 Å². The summed E-state index contributed by atoms with van der Waals surface area (Å²) in [6.45, 7) is 1.57. The van der Waals surface area contributed by atoms with E-state index in [9.17, 15) is 14.0 Å². The quantitative estimate of drug-likeness (QED) is 0.818. The van der Waals surface area contributed by atoms with Gasteiger partial charge in [0.15, 0.2) is 6.10 Å². The van der Waals surface area contributed by atoms with Crippen LogP contribution in [0.2, 0.25) is 0 Å². The highest BCUT2D eigenvalue weighted by atomic mass is 19.1. The van der Waals surface area contributed by atoms with Crippen molar-refractivity contribution in [3.05, 3.63) is 66.0 Å². The second-order valence-corrected chi connectivity index (χ2v) is 5.28. The van der Waals surface area contributed by atoms with Gasteiger partial charge in [-0.25, -0.2) is 4.39 Å². The van der Waals surface area contributed by atoms with Crippen LogP contribution in [0.15, 0.2) is 54.6 Å². The van der Waals surface area contributed by atoms with Crippen molar-refractivity contribution >= 4 is 11.9 Å². The lowest BCUT2D eigenvalue weighted by Gasteiger charge is -2.21. The van der Waals surface area contributed by atoms with Crippen molar-refractivity contribution in [1.82, 2.24) is 5.32 Å². The predicted molar refractivity (Wildman–Crippen MR) is 86.1 cm³/mol. The van der Waals surface area contributed by atoms with Gasteiger partial charge in [-0.3, -0.25) is 9.59 Å². The van der Waals surface area contributed by atoms with Gasteiger partial charge < -0.3 is 15.2 Å². The van der Waals surface area contributed by atoms with Crippen molar-refractivity contribution in [2.45, 2.75) is 25.5 Å². The molecule has 0 heterocycles. The Morgan fingerprint density at radius 1 is 1.12 bits per heavy atom. The van der Waals surface area contributed by atoms with Crippen LogP contribution in [0.3, 0.4) is 0 Å². The monoisotopic (exact) mass is 331 g/mol. The van der Waals surface area contributed by atoms with Crippen molar-refractivity contribution in [2.75, 3.05) is 0 Å². The molecule has 0 unspecified atom stereocenters. The van der Waals surface area contributed by atoms with Crippen LogP contribution in [0, 0.1) is 5.82 Å². The SMILES string of the molecule is C[C@H](Oc1ccccc1)C(=O)N[C@H](CC(=O)O)c1ccc(F)cc1. The number of carboxylic acids is 1. The number of benzene rings is 2. The van der Waals surface area contributed by atoms with Crippen molar-refractivity contribution in [3.8, 4) is 5.75 Å². The van der Waals surface area contributed by atoms with E-state index in [1.165, 1.54) is 24.3 Å². The predicted octanol–water partition coefficient (Wildman–Crippen LogP) is 2.93. The number of para-hydroxylation sites is 1. The van der Waals surface area contributed by atoms with Crippen LogP contribution in [-0.2, 0) is 9.59 Å². The van der Waals surface area contributed by atoms with Gasteiger partial charge in [0.05, 0.1) is 12.5 Å². The first-order valence-electron chi connectivity index (χ1n) is 7.45. The fourth-order valence-electron chi connectivity index (χ4n) is 2.17. The number of hydrogen-bond acceptors (Lipinski definition) is 3. The van der Waals surface area contributed by atoms with Gasteiger partial charge in [-0.1, -0.05) is 30.3 Å². The summed E-state index contributed by atoms with van der Waals surface area (Å²) in [5, 5.41) is 11.7. The normalized spacial score (nSPS) is 12.9. The molecular weight excluding hydrogens is 313 g/mol. The zero-order valence-corrected chi connectivity index (χ0v) is 13.1. The van der Waals surface area contributed by atoms with Crippen molar-refractivity contribution in [3.63, 3.8) is 0 Å². The first-order chi connectivity index (χ1) is 11.5. The minimum Gasteiger partial charge on any atom is -0.481 e. The number of halogens is 1. The number of carbonyl (C=O) groups excluding carboxylic acids is 1. The van der Waals surface area contributed by atoms with Crippen LogP contribution >= 0.6 is 0 Å². The van der Waals surface area contributed by atoms with Gasteiger partial charge >= 0.3 is 5.97 Å². The molecule has 5 nitrogen and oxygen atoms in total. The van der Waals surface area contributed by atoms with E-state index in [2.05, 4.69) is 5.32 Å². The first kappa shape index (κ1) is 17.5. The van der Waals surface area contributed by atoms with Crippen molar-refractivity contribution in [1.29, 1.82) is 0 Å². The number of carboxylic acid groups (broad SMARTS) is 1. The third kappa shape index (κ3) is 5.08. The zero-order valence-electron chi connectivity index (χ0n) is 13.1. The molecular formula is C18H18FNO4. The molecule has 2 atom stereocenters. The van der Waals surface area contributed by atoms with Gasteiger partial charge in [0.1, 0.15) is 11.6 Å². The number of amides is 1. The molecule has 2 N–H and O–H groups in total. The van der Waals surface area contributed by atoms with Crippen LogP contribution in [0.4, 0.5) is 4.39 Å². The average Bonchev–Trinajstić information content (AvgIpc) is 2.55. The van der Waals surface area contributed by atoms with Crippen LogP contribution in [0.5, 0.6) is 5.75 Å². The number of carbonyl (C=O) groups is 2. The molecule has 1 amide bonds. The van der Waals surface area contributed by atoms with E-state index < -0.39 is 29.8 Å². The fraction of sp³-hybridized carbons (Fsp3) is 0.222. The Hall–Kier alpha value is -2.89. The lowest BCUT2D eigenvalue weighted by atomic mass is 10.0. The van der Waals surface area contributed by atoms with Crippen LogP contribution in [0.1, 0.15) is 24.9 Å². The fourth-order valence-corrected chi connectivity index (χ4v) is 2.17. The molecule has 2 rings (SSSR count). The number of aliphatic carboxylic acids is 1. The van der Waals surface area contributed by atoms with Gasteiger partial charge in [0.25, 0.3) is 5.91 Å². The van der Waals surface area contributed by atoms with Gasteiger partial charge in [-0.2, -0.15) is 0 Å². The standard InChI is InChI=1S/C18H18FNO4/c1-12(24-15-5-3-2-4-6-15)18(23)20-16(11-17(21)22)13-7-9-14(19)10-8-13/h2-10,12,16H,11H2,1H3,(H,20,23)(H,21,22)/t12-,16+/m0/s1. The van der Waals surface area contributed by atoms with Crippen molar-refractivity contribution in [2.24, 2.45) is 0 Å². The van der Waals surface area contributed by atoms with Crippen LogP contribution in [-0.4, -0.2) is 23.1 Å². The smallest absolute Gasteiger partial charge is 0.305 e. The number of ether oxygens (including phenoxy) is 1. The Morgan fingerprint density at radius 3 is 2.33 bits per heavy atom. The highest BCUT2D eigenvalue weighted by Gasteiger charge is 2.22. The Morgan fingerprint density at radius 2 is 1.75 bits per heavy atom. The summed E-state index contributed by atoms with van der Waals surface area (Å²) in [6, 6.07) is 13.4. The first-order valence-corrected chi connectivity index (χ1v) is 7.45. The van der Waals surface area contributed by atoms with Gasteiger partial charge in [0, 0.05) is 0 Å². The Bertz CT molecular complexity index is 688. The summed E-state index contributed by atoms with van der Waals surface area (Å²) in [5.41, 5.74) is 0.513. The summed E-state index contributed by atoms with van der Waals surface area (Å²) < 4.78 is 18.5. The molecule has 0 radical (unpaired) electrons. The molecule has 24 heavy (non-hydrogen) atoms. The van der Waals surface area contributed by atoms with Crippen LogP contribution in [0.25, 0.3) is 0 Å².